The molecule has 2 N–H and O–H groups in total. The topological polar surface area (TPSA) is 64.6 Å². The average molecular weight is 556 g/mol. The molecule has 7 heteroatoms. The number of halogens is 1. The maximum absolute atomic E-state index is 6.27. The van der Waals surface area contributed by atoms with Crippen LogP contribution in [0.5, 0.6) is 0 Å². The molecule has 214 valence electrons. The molecule has 1 saturated heterocycles. The van der Waals surface area contributed by atoms with Gasteiger partial charge in [-0.3, -0.25) is 4.98 Å². The van der Waals surface area contributed by atoms with E-state index in [9.17, 15) is 0 Å². The molecule has 3 saturated carbocycles. The largest absolute Gasteiger partial charge is 0.382 e. The predicted molar refractivity (Wildman–Crippen MR) is 156 cm³/mol. The van der Waals surface area contributed by atoms with Crippen LogP contribution >= 0.6 is 11.6 Å². The number of anilines is 1. The number of ether oxygens (including phenoxy) is 1. The van der Waals surface area contributed by atoms with E-state index in [0.717, 1.165) is 54.7 Å². The Balaban J connectivity index is 0.894. The van der Waals surface area contributed by atoms with Crippen LogP contribution in [-0.2, 0) is 20.9 Å². The van der Waals surface area contributed by atoms with Gasteiger partial charge < -0.3 is 15.4 Å². The number of fused-ring (bicyclic) bond motifs is 1. The molecule has 1 unspecified atom stereocenters. The predicted octanol–water partition coefficient (Wildman–Crippen LogP) is 7.29. The second kappa shape index (κ2) is 12.6. The molecule has 0 radical (unpaired) electrons. The zero-order valence-corrected chi connectivity index (χ0v) is 24.3. The van der Waals surface area contributed by atoms with Crippen LogP contribution in [-0.4, -0.2) is 41.6 Å². The summed E-state index contributed by atoms with van der Waals surface area (Å²) in [7, 11) is 0. The lowest BCUT2D eigenvalue weighted by molar-refractivity contribution is -0.489. The number of allylic oxidation sites excluding steroid dienone is 3. The van der Waals surface area contributed by atoms with Crippen molar-refractivity contribution in [2.45, 2.75) is 127 Å². The molecule has 0 aromatic carbocycles. The molecule has 6 rings (SSSR count). The van der Waals surface area contributed by atoms with Crippen molar-refractivity contribution in [1.82, 2.24) is 10.3 Å². The van der Waals surface area contributed by atoms with Crippen molar-refractivity contribution in [1.29, 1.82) is 0 Å². The van der Waals surface area contributed by atoms with E-state index >= 15 is 0 Å². The standard InChI is InChI=1S/C32H46ClN3O3/c1-22-21-37-32(39-38-22)16-13-28(14-17-32)35-26-9-5-23(6-10-26)19-24-7-11-27(12-8-24)36-30-15-18-34-31-20-25(33)3-2-4-29(30)31/h2-3,15,18,20,22-24,26-28,35H,4-14,16-17,19,21H2,1H3,(H,34,36). The minimum Gasteiger partial charge on any atom is -0.382 e. The first kappa shape index (κ1) is 27.7. The van der Waals surface area contributed by atoms with Gasteiger partial charge >= 0.3 is 0 Å². The lowest BCUT2D eigenvalue weighted by atomic mass is 9.75. The van der Waals surface area contributed by atoms with Gasteiger partial charge in [-0.1, -0.05) is 17.7 Å². The molecule has 1 aromatic rings. The lowest BCUT2D eigenvalue weighted by Gasteiger charge is -2.43. The van der Waals surface area contributed by atoms with E-state index in [1.54, 1.807) is 0 Å². The van der Waals surface area contributed by atoms with E-state index in [1.807, 2.05) is 25.3 Å². The first-order chi connectivity index (χ1) is 19.0. The third kappa shape index (κ3) is 7.08. The molecule has 1 aliphatic heterocycles. The number of pyridine rings is 1. The molecule has 5 aliphatic rings. The van der Waals surface area contributed by atoms with Crippen LogP contribution in [0.15, 0.2) is 29.4 Å². The molecule has 0 amide bonds. The van der Waals surface area contributed by atoms with Gasteiger partial charge in [0, 0.05) is 53.4 Å². The minimum absolute atomic E-state index is 0.0338. The molecule has 1 aromatic heterocycles. The molecular weight excluding hydrogens is 510 g/mol. The summed E-state index contributed by atoms with van der Waals surface area (Å²) < 4.78 is 6.02. The molecule has 39 heavy (non-hydrogen) atoms. The van der Waals surface area contributed by atoms with Crippen LogP contribution in [0.3, 0.4) is 0 Å². The Bertz CT molecular complexity index is 1010. The Labute approximate surface area is 239 Å². The van der Waals surface area contributed by atoms with Gasteiger partial charge in [0.15, 0.2) is 0 Å². The Kier molecular flexibility index (Phi) is 8.96. The molecule has 4 aliphatic carbocycles. The summed E-state index contributed by atoms with van der Waals surface area (Å²) in [5, 5.41) is 8.60. The third-order valence-corrected chi connectivity index (χ3v) is 10.1. The van der Waals surface area contributed by atoms with Crippen LogP contribution in [0.25, 0.3) is 6.08 Å². The SMILES string of the molecule is CC1COC2(CCC(NC3CCC(CC4CCC(Nc5ccnc6c5CC=CC(Cl)=C6)CC4)CC3)CC2)OO1. The first-order valence-electron chi connectivity index (χ1n) is 15.6. The zero-order valence-electron chi connectivity index (χ0n) is 23.5. The quantitative estimate of drug-likeness (QED) is 0.359. The zero-order chi connectivity index (χ0) is 26.7. The summed E-state index contributed by atoms with van der Waals surface area (Å²) in [5.74, 6) is 1.32. The van der Waals surface area contributed by atoms with Crippen LogP contribution in [0.2, 0.25) is 0 Å². The highest BCUT2D eigenvalue weighted by atomic mass is 35.5. The lowest BCUT2D eigenvalue weighted by Crippen LogP contribution is -2.51. The van der Waals surface area contributed by atoms with Gasteiger partial charge in [-0.15, -0.1) is 0 Å². The van der Waals surface area contributed by atoms with Crippen LogP contribution in [0, 0.1) is 11.8 Å². The van der Waals surface area contributed by atoms with Gasteiger partial charge in [0.25, 0.3) is 0 Å². The molecule has 2 heterocycles. The smallest absolute Gasteiger partial charge is 0.201 e. The van der Waals surface area contributed by atoms with Crippen molar-refractivity contribution in [3.8, 4) is 0 Å². The maximum atomic E-state index is 6.27. The van der Waals surface area contributed by atoms with E-state index in [2.05, 4.69) is 27.8 Å². The highest BCUT2D eigenvalue weighted by molar-refractivity contribution is 6.33. The van der Waals surface area contributed by atoms with Crippen molar-refractivity contribution in [2.24, 2.45) is 11.8 Å². The van der Waals surface area contributed by atoms with Gasteiger partial charge in [-0.25, -0.2) is 9.78 Å². The first-order valence-corrected chi connectivity index (χ1v) is 15.9. The Morgan fingerprint density at radius 2 is 1.64 bits per heavy atom. The number of aromatic nitrogens is 1. The fourth-order valence-electron chi connectivity index (χ4n) is 7.53. The maximum Gasteiger partial charge on any atom is 0.201 e. The average Bonchev–Trinajstić information content (AvgIpc) is 3.15. The Morgan fingerprint density at radius 3 is 2.33 bits per heavy atom. The van der Waals surface area contributed by atoms with E-state index in [0.29, 0.717) is 24.7 Å². The van der Waals surface area contributed by atoms with E-state index in [1.165, 1.54) is 69.0 Å². The normalized spacial score (nSPS) is 37.1. The highest BCUT2D eigenvalue weighted by Gasteiger charge is 2.42. The molecular formula is C32H46ClN3O3. The van der Waals surface area contributed by atoms with Crippen LogP contribution in [0.4, 0.5) is 5.69 Å². The molecule has 4 fully saturated rings. The third-order valence-electron chi connectivity index (χ3n) is 9.85. The number of hydrogen-bond donors (Lipinski definition) is 2. The Hall–Kier alpha value is -1.44. The van der Waals surface area contributed by atoms with Gasteiger partial charge in [0.2, 0.25) is 5.79 Å². The Morgan fingerprint density at radius 1 is 0.949 bits per heavy atom. The number of rotatable bonds is 6. The van der Waals surface area contributed by atoms with E-state index in [-0.39, 0.29) is 6.10 Å². The number of nitrogens with zero attached hydrogens (tertiary/aromatic N) is 1. The second-order valence-corrected chi connectivity index (χ2v) is 13.3. The van der Waals surface area contributed by atoms with Crippen molar-refractivity contribution in [2.75, 3.05) is 11.9 Å². The van der Waals surface area contributed by atoms with E-state index in [4.69, 9.17) is 26.1 Å². The van der Waals surface area contributed by atoms with Crippen molar-refractivity contribution in [3.63, 3.8) is 0 Å². The fourth-order valence-corrected chi connectivity index (χ4v) is 7.72. The second-order valence-electron chi connectivity index (χ2n) is 12.8. The molecule has 1 atom stereocenters. The molecule has 1 spiro atoms. The summed E-state index contributed by atoms with van der Waals surface area (Å²) >= 11 is 6.27. The molecule has 0 bridgehead atoms. The summed E-state index contributed by atoms with van der Waals surface area (Å²) in [4.78, 5) is 15.6. The summed E-state index contributed by atoms with van der Waals surface area (Å²) in [6.07, 6.45) is 25.1. The number of nitrogens with one attached hydrogen (secondary N) is 2. The van der Waals surface area contributed by atoms with Gasteiger partial charge in [0.1, 0.15) is 6.10 Å². The summed E-state index contributed by atoms with van der Waals surface area (Å²) in [5.41, 5.74) is 3.50. The van der Waals surface area contributed by atoms with Crippen molar-refractivity contribution >= 4 is 23.4 Å². The van der Waals surface area contributed by atoms with E-state index < -0.39 is 5.79 Å². The highest BCUT2D eigenvalue weighted by Crippen LogP contribution is 2.39. The van der Waals surface area contributed by atoms with Gasteiger partial charge in [-0.05, 0) is 114 Å². The summed E-state index contributed by atoms with van der Waals surface area (Å²) in [6, 6.07) is 3.97. The van der Waals surface area contributed by atoms with Crippen LogP contribution in [0.1, 0.15) is 102 Å². The van der Waals surface area contributed by atoms with Crippen molar-refractivity contribution in [3.05, 3.63) is 40.7 Å². The summed E-state index contributed by atoms with van der Waals surface area (Å²) in [6.45, 7) is 2.63. The van der Waals surface area contributed by atoms with Crippen LogP contribution < -0.4 is 10.6 Å². The van der Waals surface area contributed by atoms with Gasteiger partial charge in [0.05, 0.1) is 12.3 Å². The molecule has 6 nitrogen and oxygen atoms in total. The van der Waals surface area contributed by atoms with Gasteiger partial charge in [-0.2, -0.15) is 0 Å². The minimum atomic E-state index is -0.489. The fraction of sp³-hybridized carbons (Fsp3) is 0.719. The number of hydrogen-bond acceptors (Lipinski definition) is 6. The van der Waals surface area contributed by atoms with Crippen molar-refractivity contribution < 1.29 is 14.5 Å². The monoisotopic (exact) mass is 555 g/mol.